The van der Waals surface area contributed by atoms with Crippen molar-refractivity contribution in [2.24, 2.45) is 0 Å². The van der Waals surface area contributed by atoms with Crippen LogP contribution in [0.2, 0.25) is 0 Å². The van der Waals surface area contributed by atoms with Crippen molar-refractivity contribution in [3.8, 4) is 0 Å². The van der Waals surface area contributed by atoms with Crippen LogP contribution in [0.4, 0.5) is 0 Å². The minimum absolute atomic E-state index is 0.406. The van der Waals surface area contributed by atoms with Crippen LogP contribution in [0.3, 0.4) is 0 Å². The SMILES string of the molecule is Cc1ccc(S(=O)(=O)N2CCC(c3ccncc3)CC2)cc1C. The molecule has 1 aromatic carbocycles. The number of hydrogen-bond donors (Lipinski definition) is 0. The van der Waals surface area contributed by atoms with E-state index in [0.29, 0.717) is 23.9 Å². The second-order valence-electron chi connectivity index (χ2n) is 6.20. The molecule has 122 valence electrons. The van der Waals surface area contributed by atoms with E-state index in [2.05, 4.69) is 4.98 Å². The molecule has 5 heteroatoms. The Balaban J connectivity index is 1.75. The molecule has 23 heavy (non-hydrogen) atoms. The summed E-state index contributed by atoms with van der Waals surface area (Å²) in [7, 11) is -3.39. The van der Waals surface area contributed by atoms with E-state index in [0.717, 1.165) is 24.0 Å². The molecule has 0 spiro atoms. The third kappa shape index (κ3) is 3.31. The van der Waals surface area contributed by atoms with Crippen LogP contribution in [0, 0.1) is 13.8 Å². The van der Waals surface area contributed by atoms with Crippen LogP contribution >= 0.6 is 0 Å². The van der Waals surface area contributed by atoms with Gasteiger partial charge in [-0.15, -0.1) is 0 Å². The minimum Gasteiger partial charge on any atom is -0.265 e. The summed E-state index contributed by atoms with van der Waals surface area (Å²) >= 11 is 0. The lowest BCUT2D eigenvalue weighted by Gasteiger charge is -2.31. The van der Waals surface area contributed by atoms with Crippen molar-refractivity contribution in [2.45, 2.75) is 37.5 Å². The number of rotatable bonds is 3. The number of aryl methyl sites for hydroxylation is 2. The maximum atomic E-state index is 12.8. The van der Waals surface area contributed by atoms with Gasteiger partial charge in [-0.3, -0.25) is 4.98 Å². The molecule has 1 aliphatic rings. The van der Waals surface area contributed by atoms with Crippen LogP contribution in [-0.2, 0) is 10.0 Å². The van der Waals surface area contributed by atoms with Crippen molar-refractivity contribution in [1.29, 1.82) is 0 Å². The molecular formula is C18H22N2O2S. The summed E-state index contributed by atoms with van der Waals surface area (Å²) in [5, 5.41) is 0. The summed E-state index contributed by atoms with van der Waals surface area (Å²) in [6, 6.07) is 9.43. The second-order valence-corrected chi connectivity index (χ2v) is 8.14. The van der Waals surface area contributed by atoms with Gasteiger partial charge in [-0.25, -0.2) is 8.42 Å². The highest BCUT2D eigenvalue weighted by atomic mass is 32.2. The van der Waals surface area contributed by atoms with Gasteiger partial charge >= 0.3 is 0 Å². The Morgan fingerprint density at radius 3 is 2.26 bits per heavy atom. The number of sulfonamides is 1. The van der Waals surface area contributed by atoms with Crippen molar-refractivity contribution in [1.82, 2.24) is 9.29 Å². The van der Waals surface area contributed by atoms with E-state index < -0.39 is 10.0 Å². The van der Waals surface area contributed by atoms with E-state index in [-0.39, 0.29) is 0 Å². The van der Waals surface area contributed by atoms with Crippen molar-refractivity contribution >= 4 is 10.0 Å². The van der Waals surface area contributed by atoms with Crippen molar-refractivity contribution in [2.75, 3.05) is 13.1 Å². The Kier molecular flexibility index (Phi) is 4.50. The fraction of sp³-hybridized carbons (Fsp3) is 0.389. The van der Waals surface area contributed by atoms with Gasteiger partial charge in [-0.2, -0.15) is 4.31 Å². The lowest BCUT2D eigenvalue weighted by molar-refractivity contribution is 0.319. The van der Waals surface area contributed by atoms with E-state index in [9.17, 15) is 8.42 Å². The summed E-state index contributed by atoms with van der Waals surface area (Å²) in [6.45, 7) is 5.08. The zero-order chi connectivity index (χ0) is 16.4. The minimum atomic E-state index is -3.39. The predicted octanol–water partition coefficient (Wildman–Crippen LogP) is 3.27. The van der Waals surface area contributed by atoms with Gasteiger partial charge in [0, 0.05) is 25.5 Å². The maximum Gasteiger partial charge on any atom is 0.243 e. The van der Waals surface area contributed by atoms with E-state index in [1.807, 2.05) is 32.0 Å². The fourth-order valence-corrected chi connectivity index (χ4v) is 4.64. The Hall–Kier alpha value is -1.72. The molecule has 0 atom stereocenters. The number of nitrogens with zero attached hydrogens (tertiary/aromatic N) is 2. The molecule has 0 saturated carbocycles. The van der Waals surface area contributed by atoms with Gasteiger partial charge in [0.15, 0.2) is 0 Å². The number of pyridine rings is 1. The monoisotopic (exact) mass is 330 g/mol. The smallest absolute Gasteiger partial charge is 0.243 e. The summed E-state index contributed by atoms with van der Waals surface area (Å²) in [6.07, 6.45) is 5.31. The Bertz CT molecular complexity index is 780. The van der Waals surface area contributed by atoms with Crippen molar-refractivity contribution in [3.63, 3.8) is 0 Å². The Labute approximate surface area is 138 Å². The fourth-order valence-electron chi connectivity index (χ4n) is 3.09. The number of aromatic nitrogens is 1. The van der Waals surface area contributed by atoms with Gasteiger partial charge in [0.2, 0.25) is 10.0 Å². The van der Waals surface area contributed by atoms with Crippen molar-refractivity contribution in [3.05, 3.63) is 59.4 Å². The van der Waals surface area contributed by atoms with Crippen LogP contribution in [0.1, 0.15) is 35.4 Å². The molecule has 1 saturated heterocycles. The largest absolute Gasteiger partial charge is 0.265 e. The van der Waals surface area contributed by atoms with Crippen LogP contribution in [0.15, 0.2) is 47.6 Å². The first kappa shape index (κ1) is 16.1. The van der Waals surface area contributed by atoms with Gasteiger partial charge in [0.05, 0.1) is 4.90 Å². The standard InChI is InChI=1S/C18H22N2O2S/c1-14-3-4-18(13-15(14)2)23(21,22)20-11-7-17(8-12-20)16-5-9-19-10-6-16/h3-6,9-10,13,17H,7-8,11-12H2,1-2H3. The molecule has 0 amide bonds. The third-order valence-corrected chi connectivity index (χ3v) is 6.64. The molecule has 3 rings (SSSR count). The molecule has 1 fully saturated rings. The number of hydrogen-bond acceptors (Lipinski definition) is 3. The zero-order valence-corrected chi connectivity index (χ0v) is 14.4. The lowest BCUT2D eigenvalue weighted by atomic mass is 9.91. The third-order valence-electron chi connectivity index (χ3n) is 4.75. The summed E-state index contributed by atoms with van der Waals surface area (Å²) in [5.74, 6) is 0.421. The van der Waals surface area contributed by atoms with Gasteiger partial charge in [0.1, 0.15) is 0 Å². The van der Waals surface area contributed by atoms with E-state index in [1.165, 1.54) is 5.56 Å². The first-order valence-electron chi connectivity index (χ1n) is 7.96. The molecule has 1 aliphatic heterocycles. The van der Waals surface area contributed by atoms with Crippen molar-refractivity contribution < 1.29 is 8.42 Å². The molecule has 4 nitrogen and oxygen atoms in total. The molecule has 0 unspecified atom stereocenters. The van der Waals surface area contributed by atoms with Crippen LogP contribution < -0.4 is 0 Å². The van der Waals surface area contributed by atoms with Gasteiger partial charge < -0.3 is 0 Å². The van der Waals surface area contributed by atoms with E-state index >= 15 is 0 Å². The Morgan fingerprint density at radius 2 is 1.65 bits per heavy atom. The van der Waals surface area contributed by atoms with Crippen LogP contribution in [0.25, 0.3) is 0 Å². The van der Waals surface area contributed by atoms with E-state index in [1.54, 1.807) is 28.8 Å². The van der Waals surface area contributed by atoms with E-state index in [4.69, 9.17) is 0 Å². The van der Waals surface area contributed by atoms with Gasteiger partial charge in [0.25, 0.3) is 0 Å². The molecule has 2 heterocycles. The van der Waals surface area contributed by atoms with Gasteiger partial charge in [-0.1, -0.05) is 6.07 Å². The number of benzene rings is 1. The molecular weight excluding hydrogens is 308 g/mol. The van der Waals surface area contributed by atoms with Gasteiger partial charge in [-0.05, 0) is 73.6 Å². The zero-order valence-electron chi connectivity index (χ0n) is 13.6. The topological polar surface area (TPSA) is 50.3 Å². The summed E-state index contributed by atoms with van der Waals surface area (Å²) < 4.78 is 27.2. The first-order valence-corrected chi connectivity index (χ1v) is 9.40. The van der Waals surface area contributed by atoms with Crippen LogP contribution in [0.5, 0.6) is 0 Å². The summed E-state index contributed by atoms with van der Waals surface area (Å²) in [5.41, 5.74) is 3.38. The summed E-state index contributed by atoms with van der Waals surface area (Å²) in [4.78, 5) is 4.45. The first-order chi connectivity index (χ1) is 11.0. The highest BCUT2D eigenvalue weighted by Crippen LogP contribution is 2.30. The Morgan fingerprint density at radius 1 is 1.00 bits per heavy atom. The predicted molar refractivity (Wildman–Crippen MR) is 90.9 cm³/mol. The highest BCUT2D eigenvalue weighted by Gasteiger charge is 2.30. The highest BCUT2D eigenvalue weighted by molar-refractivity contribution is 7.89. The average molecular weight is 330 g/mol. The molecule has 0 aliphatic carbocycles. The van der Waals surface area contributed by atoms with Crippen LogP contribution in [-0.4, -0.2) is 30.8 Å². The molecule has 0 N–H and O–H groups in total. The second kappa shape index (κ2) is 6.42. The normalized spacial score (nSPS) is 17.3. The average Bonchev–Trinajstić information content (AvgIpc) is 2.58. The lowest BCUT2D eigenvalue weighted by Crippen LogP contribution is -2.37. The molecule has 0 radical (unpaired) electrons. The quantitative estimate of drug-likeness (QED) is 0.868. The number of piperidine rings is 1. The molecule has 1 aromatic heterocycles. The molecule has 0 bridgehead atoms. The molecule has 2 aromatic rings. The maximum absolute atomic E-state index is 12.8.